The van der Waals surface area contributed by atoms with Gasteiger partial charge in [0.1, 0.15) is 5.75 Å². The maximum atomic E-state index is 12.3. The van der Waals surface area contributed by atoms with Crippen molar-refractivity contribution in [3.63, 3.8) is 0 Å². The third kappa shape index (κ3) is 5.54. The van der Waals surface area contributed by atoms with Crippen LogP contribution in [0.4, 0.5) is 10.8 Å². The second kappa shape index (κ2) is 8.85. The first-order chi connectivity index (χ1) is 13.4. The first kappa shape index (κ1) is 19.8. The molecule has 0 aliphatic heterocycles. The minimum Gasteiger partial charge on any atom is -0.493 e. The van der Waals surface area contributed by atoms with Crippen LogP contribution in [0.25, 0.3) is 0 Å². The lowest BCUT2D eigenvalue weighted by atomic mass is 10.2. The molecule has 3 rings (SSSR count). The van der Waals surface area contributed by atoms with Gasteiger partial charge in [0, 0.05) is 17.3 Å². The SMILES string of the molecule is Cc1cccc(OCCC(=O)Nc2ccc(S(=O)(=O)Nc3nccs3)cc2)c1. The predicted octanol–water partition coefficient (Wildman–Crippen LogP) is 3.66. The maximum absolute atomic E-state index is 12.3. The third-order valence-electron chi connectivity index (χ3n) is 3.69. The van der Waals surface area contributed by atoms with E-state index in [1.54, 1.807) is 5.38 Å². The normalized spacial score (nSPS) is 11.0. The number of sulfonamides is 1. The quantitative estimate of drug-likeness (QED) is 0.583. The number of hydrogen-bond donors (Lipinski definition) is 2. The molecule has 28 heavy (non-hydrogen) atoms. The Bertz CT molecular complexity index is 1030. The fourth-order valence-electron chi connectivity index (χ4n) is 2.36. The monoisotopic (exact) mass is 417 g/mol. The molecule has 146 valence electrons. The first-order valence-electron chi connectivity index (χ1n) is 8.44. The van der Waals surface area contributed by atoms with Gasteiger partial charge in [-0.05, 0) is 48.9 Å². The van der Waals surface area contributed by atoms with Crippen LogP contribution in [-0.2, 0) is 14.8 Å². The van der Waals surface area contributed by atoms with Crippen molar-refractivity contribution in [1.29, 1.82) is 0 Å². The molecule has 0 spiro atoms. The number of aryl methyl sites for hydroxylation is 1. The number of nitrogens with one attached hydrogen (secondary N) is 2. The lowest BCUT2D eigenvalue weighted by Crippen LogP contribution is -2.16. The van der Waals surface area contributed by atoms with Crippen LogP contribution in [0.2, 0.25) is 0 Å². The van der Waals surface area contributed by atoms with Crippen molar-refractivity contribution in [3.05, 3.63) is 65.7 Å². The van der Waals surface area contributed by atoms with Gasteiger partial charge in [-0.3, -0.25) is 9.52 Å². The van der Waals surface area contributed by atoms with Crippen molar-refractivity contribution in [2.24, 2.45) is 0 Å². The topological polar surface area (TPSA) is 97.4 Å². The van der Waals surface area contributed by atoms with Crippen LogP contribution in [0.3, 0.4) is 0 Å². The molecule has 0 saturated heterocycles. The summed E-state index contributed by atoms with van der Waals surface area (Å²) in [6, 6.07) is 13.5. The van der Waals surface area contributed by atoms with Gasteiger partial charge in [0.2, 0.25) is 5.91 Å². The fourth-order valence-corrected chi connectivity index (χ4v) is 4.14. The Hall–Kier alpha value is -2.91. The Morgan fingerprint density at radius 3 is 2.64 bits per heavy atom. The van der Waals surface area contributed by atoms with Crippen LogP contribution >= 0.6 is 11.3 Å². The summed E-state index contributed by atoms with van der Waals surface area (Å²) in [6.45, 7) is 2.22. The van der Waals surface area contributed by atoms with E-state index in [0.717, 1.165) is 11.3 Å². The lowest BCUT2D eigenvalue weighted by molar-refractivity contribution is -0.116. The van der Waals surface area contributed by atoms with Crippen LogP contribution < -0.4 is 14.8 Å². The highest BCUT2D eigenvalue weighted by atomic mass is 32.2. The van der Waals surface area contributed by atoms with Crippen molar-refractivity contribution >= 4 is 38.1 Å². The first-order valence-corrected chi connectivity index (χ1v) is 10.8. The van der Waals surface area contributed by atoms with Crippen LogP contribution in [0, 0.1) is 6.92 Å². The Balaban J connectivity index is 1.51. The maximum Gasteiger partial charge on any atom is 0.263 e. The Labute approximate surface area is 167 Å². The molecule has 0 saturated carbocycles. The number of ether oxygens (including phenoxy) is 1. The standard InChI is InChI=1S/C19H19N3O4S2/c1-14-3-2-4-16(13-14)26-11-9-18(23)21-15-5-7-17(8-6-15)28(24,25)22-19-20-10-12-27-19/h2-8,10,12-13H,9,11H2,1H3,(H,20,22)(H,21,23). The van der Waals surface area contributed by atoms with Crippen molar-refractivity contribution in [2.45, 2.75) is 18.2 Å². The second-order valence-electron chi connectivity index (χ2n) is 5.93. The molecule has 0 aliphatic rings. The largest absolute Gasteiger partial charge is 0.493 e. The highest BCUT2D eigenvalue weighted by Crippen LogP contribution is 2.19. The van der Waals surface area contributed by atoms with Crippen LogP contribution in [0.1, 0.15) is 12.0 Å². The molecule has 0 aliphatic carbocycles. The molecule has 0 radical (unpaired) electrons. The molecule has 3 aromatic rings. The molecule has 7 nitrogen and oxygen atoms in total. The number of hydrogen-bond acceptors (Lipinski definition) is 6. The smallest absolute Gasteiger partial charge is 0.263 e. The summed E-state index contributed by atoms with van der Waals surface area (Å²) >= 11 is 1.19. The average Bonchev–Trinajstić information content (AvgIpc) is 3.14. The molecule has 2 N–H and O–H groups in total. The Morgan fingerprint density at radius 2 is 1.96 bits per heavy atom. The number of rotatable bonds is 8. The van der Waals surface area contributed by atoms with Gasteiger partial charge in [-0.25, -0.2) is 13.4 Å². The number of nitrogens with zero attached hydrogens (tertiary/aromatic N) is 1. The summed E-state index contributed by atoms with van der Waals surface area (Å²) in [6.07, 6.45) is 1.70. The molecule has 1 amide bonds. The van der Waals surface area contributed by atoms with Crippen LogP contribution in [0.5, 0.6) is 5.75 Å². The van der Waals surface area contributed by atoms with Crippen LogP contribution in [-0.4, -0.2) is 25.9 Å². The minimum absolute atomic E-state index is 0.0866. The number of amides is 1. The van der Waals surface area contributed by atoms with E-state index in [1.807, 2.05) is 31.2 Å². The summed E-state index contributed by atoms with van der Waals surface area (Å²) in [5.41, 5.74) is 1.59. The van der Waals surface area contributed by atoms with Crippen molar-refractivity contribution < 1.29 is 17.9 Å². The third-order valence-corrected chi connectivity index (χ3v) is 5.86. The Morgan fingerprint density at radius 1 is 1.18 bits per heavy atom. The molecular weight excluding hydrogens is 398 g/mol. The van der Waals surface area contributed by atoms with Crippen molar-refractivity contribution in [2.75, 3.05) is 16.6 Å². The van der Waals surface area contributed by atoms with Gasteiger partial charge in [-0.2, -0.15) is 0 Å². The number of benzene rings is 2. The molecular formula is C19H19N3O4S2. The van der Waals surface area contributed by atoms with Gasteiger partial charge in [0.05, 0.1) is 17.9 Å². The number of aromatic nitrogens is 1. The van der Waals surface area contributed by atoms with Gasteiger partial charge in [-0.15, -0.1) is 11.3 Å². The lowest BCUT2D eigenvalue weighted by Gasteiger charge is -2.09. The summed E-state index contributed by atoms with van der Waals surface area (Å²) in [7, 11) is -3.71. The van der Waals surface area contributed by atoms with Crippen LogP contribution in [0.15, 0.2) is 65.0 Å². The Kier molecular flexibility index (Phi) is 6.27. The molecule has 1 aromatic heterocycles. The van der Waals surface area contributed by atoms with Gasteiger partial charge in [0.15, 0.2) is 5.13 Å². The predicted molar refractivity (Wildman–Crippen MR) is 109 cm³/mol. The molecule has 0 fully saturated rings. The van der Waals surface area contributed by atoms with Gasteiger partial charge >= 0.3 is 0 Å². The average molecular weight is 418 g/mol. The highest BCUT2D eigenvalue weighted by molar-refractivity contribution is 7.93. The minimum atomic E-state index is -3.71. The van der Waals surface area contributed by atoms with Crippen molar-refractivity contribution in [1.82, 2.24) is 4.98 Å². The van der Waals surface area contributed by atoms with E-state index in [2.05, 4.69) is 15.0 Å². The number of carbonyl (C=O) groups is 1. The summed E-state index contributed by atoms with van der Waals surface area (Å²) in [5, 5.41) is 4.70. The number of carbonyl (C=O) groups excluding carboxylic acids is 1. The van der Waals surface area contributed by atoms with E-state index >= 15 is 0 Å². The zero-order valence-corrected chi connectivity index (χ0v) is 16.7. The molecule has 0 unspecified atom stereocenters. The highest BCUT2D eigenvalue weighted by Gasteiger charge is 2.15. The molecule has 0 bridgehead atoms. The van der Waals surface area contributed by atoms with Gasteiger partial charge in [-0.1, -0.05) is 12.1 Å². The number of anilines is 2. The van der Waals surface area contributed by atoms with Crippen molar-refractivity contribution in [3.8, 4) is 5.75 Å². The van der Waals surface area contributed by atoms with E-state index < -0.39 is 10.0 Å². The van der Waals surface area contributed by atoms with E-state index in [1.165, 1.54) is 41.8 Å². The molecule has 1 heterocycles. The number of thiazole rings is 1. The zero-order chi connectivity index (χ0) is 20.0. The molecule has 0 atom stereocenters. The fraction of sp³-hybridized carbons (Fsp3) is 0.158. The summed E-state index contributed by atoms with van der Waals surface area (Å²) < 4.78 is 32.5. The van der Waals surface area contributed by atoms with E-state index in [4.69, 9.17) is 4.74 Å². The van der Waals surface area contributed by atoms with Gasteiger partial charge < -0.3 is 10.1 Å². The van der Waals surface area contributed by atoms with E-state index in [0.29, 0.717) is 10.8 Å². The van der Waals surface area contributed by atoms with E-state index in [9.17, 15) is 13.2 Å². The summed E-state index contributed by atoms with van der Waals surface area (Å²) in [5.74, 6) is 0.499. The second-order valence-corrected chi connectivity index (χ2v) is 8.51. The van der Waals surface area contributed by atoms with E-state index in [-0.39, 0.29) is 23.8 Å². The zero-order valence-electron chi connectivity index (χ0n) is 15.1. The molecule has 9 heteroatoms. The summed E-state index contributed by atoms with van der Waals surface area (Å²) in [4.78, 5) is 16.0. The van der Waals surface area contributed by atoms with Gasteiger partial charge in [0.25, 0.3) is 10.0 Å². The molecule has 2 aromatic carbocycles.